The number of ether oxygens (including phenoxy) is 1. The van der Waals surface area contributed by atoms with Gasteiger partial charge >= 0.3 is 0 Å². The molecular formula is C11H19N5O. The number of aromatic nitrogens is 2. The molecule has 1 aromatic heterocycles. The topological polar surface area (TPSA) is 90.3 Å². The third-order valence-electron chi connectivity index (χ3n) is 2.98. The van der Waals surface area contributed by atoms with Crippen molar-refractivity contribution in [2.45, 2.75) is 32.4 Å². The molecule has 2 atom stereocenters. The van der Waals surface area contributed by atoms with Gasteiger partial charge in [-0.2, -0.15) is 9.97 Å². The number of anilines is 3. The zero-order chi connectivity index (χ0) is 12.4. The molecule has 6 nitrogen and oxygen atoms in total. The first-order valence-electron chi connectivity index (χ1n) is 5.88. The number of morpholine rings is 1. The van der Waals surface area contributed by atoms with Crippen LogP contribution in [0.1, 0.15) is 20.3 Å². The summed E-state index contributed by atoms with van der Waals surface area (Å²) in [4.78, 5) is 10.3. The van der Waals surface area contributed by atoms with Crippen LogP contribution in [0.4, 0.5) is 17.6 Å². The molecule has 1 aliphatic heterocycles. The minimum atomic E-state index is 0.190. The van der Waals surface area contributed by atoms with Crippen molar-refractivity contribution in [3.63, 3.8) is 0 Å². The average molecular weight is 237 g/mol. The maximum atomic E-state index is 5.70. The number of hydrogen-bond acceptors (Lipinski definition) is 6. The van der Waals surface area contributed by atoms with Gasteiger partial charge in [-0.05, 0) is 13.3 Å². The highest BCUT2D eigenvalue weighted by Crippen LogP contribution is 2.23. The van der Waals surface area contributed by atoms with Crippen LogP contribution >= 0.6 is 0 Å². The summed E-state index contributed by atoms with van der Waals surface area (Å²) in [7, 11) is 0. The first-order valence-corrected chi connectivity index (χ1v) is 5.88. The predicted molar refractivity (Wildman–Crippen MR) is 67.7 cm³/mol. The van der Waals surface area contributed by atoms with Gasteiger partial charge in [0.15, 0.2) is 0 Å². The third-order valence-corrected chi connectivity index (χ3v) is 2.98. The molecule has 0 aliphatic carbocycles. The van der Waals surface area contributed by atoms with Crippen LogP contribution in [-0.2, 0) is 4.74 Å². The Morgan fingerprint density at radius 1 is 1.47 bits per heavy atom. The van der Waals surface area contributed by atoms with Crippen LogP contribution in [0, 0.1) is 0 Å². The summed E-state index contributed by atoms with van der Waals surface area (Å²) in [6.07, 6.45) is 1.19. The first kappa shape index (κ1) is 11.9. The lowest BCUT2D eigenvalue weighted by Gasteiger charge is -2.39. The summed E-state index contributed by atoms with van der Waals surface area (Å²) in [6.45, 7) is 5.69. The normalized spacial score (nSPS) is 24.9. The van der Waals surface area contributed by atoms with Crippen LogP contribution < -0.4 is 16.4 Å². The van der Waals surface area contributed by atoms with E-state index >= 15 is 0 Å². The molecule has 94 valence electrons. The van der Waals surface area contributed by atoms with Gasteiger partial charge in [0, 0.05) is 12.6 Å². The molecule has 6 heteroatoms. The number of nitrogen functional groups attached to an aromatic ring is 2. The van der Waals surface area contributed by atoms with Crippen molar-refractivity contribution in [3.05, 3.63) is 6.07 Å². The molecule has 1 fully saturated rings. The average Bonchev–Trinajstić information content (AvgIpc) is 2.27. The molecule has 0 radical (unpaired) electrons. The van der Waals surface area contributed by atoms with E-state index in [1.807, 2.05) is 6.92 Å². The van der Waals surface area contributed by atoms with Gasteiger partial charge in [0.2, 0.25) is 5.95 Å². The summed E-state index contributed by atoms with van der Waals surface area (Å²) >= 11 is 0. The van der Waals surface area contributed by atoms with E-state index in [4.69, 9.17) is 16.2 Å². The highest BCUT2D eigenvalue weighted by atomic mass is 16.5. The van der Waals surface area contributed by atoms with Crippen molar-refractivity contribution in [2.75, 3.05) is 29.5 Å². The van der Waals surface area contributed by atoms with E-state index in [1.165, 1.54) is 0 Å². The quantitative estimate of drug-likeness (QED) is 0.784. The maximum absolute atomic E-state index is 5.70. The lowest BCUT2D eigenvalue weighted by Crippen LogP contribution is -2.49. The van der Waals surface area contributed by atoms with E-state index in [0.29, 0.717) is 18.5 Å². The van der Waals surface area contributed by atoms with Crippen LogP contribution in [-0.4, -0.2) is 35.3 Å². The highest BCUT2D eigenvalue weighted by molar-refractivity contribution is 5.51. The fourth-order valence-electron chi connectivity index (χ4n) is 2.08. The minimum absolute atomic E-state index is 0.190. The standard InChI is InChI=1S/C11H19N5O/c1-3-8-6-17-7(2)5-16(8)10-4-9(12)14-11(13)15-10/h4,7-8H,3,5-6H2,1-2H3,(H4,12,13,14,15). The Kier molecular flexibility index (Phi) is 3.33. The fourth-order valence-corrected chi connectivity index (χ4v) is 2.08. The van der Waals surface area contributed by atoms with Crippen molar-refractivity contribution in [2.24, 2.45) is 0 Å². The van der Waals surface area contributed by atoms with Gasteiger partial charge in [0.25, 0.3) is 0 Å². The molecule has 2 rings (SSSR count). The van der Waals surface area contributed by atoms with Crippen molar-refractivity contribution < 1.29 is 4.74 Å². The third kappa shape index (κ3) is 2.58. The Hall–Kier alpha value is -1.56. The van der Waals surface area contributed by atoms with Gasteiger partial charge in [-0.15, -0.1) is 0 Å². The lowest BCUT2D eigenvalue weighted by atomic mass is 10.1. The summed E-state index contributed by atoms with van der Waals surface area (Å²) in [5.41, 5.74) is 11.3. The smallest absolute Gasteiger partial charge is 0.223 e. The van der Waals surface area contributed by atoms with Gasteiger partial charge in [0.1, 0.15) is 11.6 Å². The second-order valence-corrected chi connectivity index (χ2v) is 4.37. The van der Waals surface area contributed by atoms with Gasteiger partial charge in [-0.3, -0.25) is 0 Å². The molecule has 0 amide bonds. The molecule has 1 aromatic rings. The Bertz CT molecular complexity index is 377. The first-order chi connectivity index (χ1) is 8.10. The Labute approximate surface area is 101 Å². The van der Waals surface area contributed by atoms with Crippen LogP contribution in [0.2, 0.25) is 0 Å². The van der Waals surface area contributed by atoms with E-state index in [2.05, 4.69) is 21.8 Å². The molecule has 4 N–H and O–H groups in total. The summed E-state index contributed by atoms with van der Waals surface area (Å²) in [6, 6.07) is 2.08. The Balaban J connectivity index is 2.28. The van der Waals surface area contributed by atoms with Gasteiger partial charge < -0.3 is 21.1 Å². The van der Waals surface area contributed by atoms with Crippen molar-refractivity contribution in [1.82, 2.24) is 9.97 Å². The molecule has 1 saturated heterocycles. The monoisotopic (exact) mass is 237 g/mol. The zero-order valence-corrected chi connectivity index (χ0v) is 10.3. The maximum Gasteiger partial charge on any atom is 0.223 e. The molecule has 0 spiro atoms. The lowest BCUT2D eigenvalue weighted by molar-refractivity contribution is 0.0296. The van der Waals surface area contributed by atoms with Gasteiger partial charge in [-0.1, -0.05) is 6.92 Å². The SMILES string of the molecule is CCC1COC(C)CN1c1cc(N)nc(N)n1. The van der Waals surface area contributed by atoms with Crippen molar-refractivity contribution in [1.29, 1.82) is 0 Å². The van der Waals surface area contributed by atoms with E-state index in [1.54, 1.807) is 6.07 Å². The van der Waals surface area contributed by atoms with Crippen molar-refractivity contribution in [3.8, 4) is 0 Å². The summed E-state index contributed by atoms with van der Waals surface area (Å²) in [5.74, 6) is 1.41. The number of hydrogen-bond donors (Lipinski definition) is 2. The van der Waals surface area contributed by atoms with E-state index in [0.717, 1.165) is 18.8 Å². The molecule has 2 unspecified atom stereocenters. The Morgan fingerprint density at radius 3 is 2.88 bits per heavy atom. The van der Waals surface area contributed by atoms with Crippen LogP contribution in [0.15, 0.2) is 6.07 Å². The van der Waals surface area contributed by atoms with Crippen LogP contribution in [0.3, 0.4) is 0 Å². The molecule has 17 heavy (non-hydrogen) atoms. The van der Waals surface area contributed by atoms with E-state index < -0.39 is 0 Å². The second kappa shape index (κ2) is 4.75. The largest absolute Gasteiger partial charge is 0.383 e. The second-order valence-electron chi connectivity index (χ2n) is 4.37. The number of nitrogens with zero attached hydrogens (tertiary/aromatic N) is 3. The highest BCUT2D eigenvalue weighted by Gasteiger charge is 2.26. The number of rotatable bonds is 2. The zero-order valence-electron chi connectivity index (χ0n) is 10.3. The number of nitrogens with two attached hydrogens (primary N) is 2. The molecule has 0 saturated carbocycles. The van der Waals surface area contributed by atoms with Crippen molar-refractivity contribution >= 4 is 17.6 Å². The molecule has 0 aromatic carbocycles. The molecular weight excluding hydrogens is 218 g/mol. The van der Waals surface area contributed by atoms with Crippen LogP contribution in [0.25, 0.3) is 0 Å². The molecule has 2 heterocycles. The van der Waals surface area contributed by atoms with Gasteiger partial charge in [-0.25, -0.2) is 0 Å². The summed E-state index contributed by atoms with van der Waals surface area (Å²) in [5, 5.41) is 0. The predicted octanol–water partition coefficient (Wildman–Crippen LogP) is 0.645. The van der Waals surface area contributed by atoms with E-state index in [9.17, 15) is 0 Å². The molecule has 1 aliphatic rings. The molecule has 0 bridgehead atoms. The van der Waals surface area contributed by atoms with Crippen LogP contribution in [0.5, 0.6) is 0 Å². The minimum Gasteiger partial charge on any atom is -0.383 e. The fraction of sp³-hybridized carbons (Fsp3) is 0.636. The van der Waals surface area contributed by atoms with Gasteiger partial charge in [0.05, 0.1) is 18.8 Å². The Morgan fingerprint density at radius 2 is 2.24 bits per heavy atom. The summed E-state index contributed by atoms with van der Waals surface area (Å²) < 4.78 is 5.65. The van der Waals surface area contributed by atoms with E-state index in [-0.39, 0.29) is 12.1 Å².